The van der Waals surface area contributed by atoms with Crippen molar-refractivity contribution < 1.29 is 0 Å². The van der Waals surface area contributed by atoms with Gasteiger partial charge < -0.3 is 10.2 Å². The lowest BCUT2D eigenvalue weighted by molar-refractivity contribution is 0.216. The van der Waals surface area contributed by atoms with Gasteiger partial charge in [0.05, 0.1) is 0 Å². The third kappa shape index (κ3) is 2.57. The van der Waals surface area contributed by atoms with Gasteiger partial charge in [-0.3, -0.25) is 0 Å². The van der Waals surface area contributed by atoms with E-state index in [9.17, 15) is 0 Å². The van der Waals surface area contributed by atoms with Crippen LogP contribution in [0.1, 0.15) is 32.1 Å². The summed E-state index contributed by atoms with van der Waals surface area (Å²) in [5.74, 6) is 0. The van der Waals surface area contributed by atoms with Crippen LogP contribution in [0.5, 0.6) is 0 Å². The largest absolute Gasteiger partial charge is 0.368 e. The normalized spacial score (nSPS) is 23.3. The molecule has 1 aliphatic heterocycles. The highest BCUT2D eigenvalue weighted by atomic mass is 79.9. The Bertz CT molecular complexity index is 390. The average Bonchev–Trinajstić information content (AvgIpc) is 2.40. The van der Waals surface area contributed by atoms with E-state index in [4.69, 9.17) is 0 Å². The number of rotatable bonds is 1. The van der Waals surface area contributed by atoms with Gasteiger partial charge in [-0.05, 0) is 37.1 Å². The van der Waals surface area contributed by atoms with Crippen LogP contribution in [0.3, 0.4) is 0 Å². The maximum absolute atomic E-state index is 3.79. The Hall–Kier alpha value is -0.540. The molecule has 1 aromatic rings. The molecule has 2 fully saturated rings. The Balaban J connectivity index is 1.75. The summed E-state index contributed by atoms with van der Waals surface area (Å²) in [6.07, 6.45) is 6.89. The second-order valence-corrected chi connectivity index (χ2v) is 6.58. The highest BCUT2D eigenvalue weighted by Gasteiger charge is 2.36. The SMILES string of the molecule is Brc1ccc(N2CCNC3(CCCCC3)C2)cc1. The monoisotopic (exact) mass is 308 g/mol. The first-order valence-electron chi connectivity index (χ1n) is 7.03. The van der Waals surface area contributed by atoms with Crippen LogP contribution in [0.15, 0.2) is 28.7 Å². The molecule has 3 rings (SSSR count). The van der Waals surface area contributed by atoms with Crippen LogP contribution in [0.2, 0.25) is 0 Å². The lowest BCUT2D eigenvalue weighted by Gasteiger charge is -2.47. The summed E-state index contributed by atoms with van der Waals surface area (Å²) in [4.78, 5) is 2.55. The molecule has 0 amide bonds. The van der Waals surface area contributed by atoms with Crippen LogP contribution in [0.25, 0.3) is 0 Å². The van der Waals surface area contributed by atoms with Crippen molar-refractivity contribution in [3.63, 3.8) is 0 Å². The van der Waals surface area contributed by atoms with Crippen molar-refractivity contribution in [2.75, 3.05) is 24.5 Å². The van der Waals surface area contributed by atoms with Crippen molar-refractivity contribution in [3.05, 3.63) is 28.7 Å². The van der Waals surface area contributed by atoms with Crippen LogP contribution in [0, 0.1) is 0 Å². The smallest absolute Gasteiger partial charge is 0.0368 e. The van der Waals surface area contributed by atoms with Crippen molar-refractivity contribution in [2.24, 2.45) is 0 Å². The number of nitrogens with zero attached hydrogens (tertiary/aromatic N) is 1. The third-order valence-electron chi connectivity index (χ3n) is 4.38. The molecule has 0 atom stereocenters. The maximum Gasteiger partial charge on any atom is 0.0368 e. The topological polar surface area (TPSA) is 15.3 Å². The molecule has 0 bridgehead atoms. The standard InChI is InChI=1S/C15H21BrN2/c16-13-4-6-14(7-5-13)18-11-10-17-15(12-18)8-2-1-3-9-15/h4-7,17H,1-3,8-12H2. The van der Waals surface area contributed by atoms with E-state index in [0.29, 0.717) is 5.54 Å². The minimum Gasteiger partial charge on any atom is -0.368 e. The molecule has 1 spiro atoms. The van der Waals surface area contributed by atoms with Gasteiger partial charge in [0.1, 0.15) is 0 Å². The molecule has 0 aromatic heterocycles. The first-order valence-corrected chi connectivity index (χ1v) is 7.82. The number of benzene rings is 1. The fourth-order valence-electron chi connectivity index (χ4n) is 3.39. The first kappa shape index (κ1) is 12.5. The van der Waals surface area contributed by atoms with E-state index in [1.165, 1.54) is 44.3 Å². The minimum atomic E-state index is 0.392. The van der Waals surface area contributed by atoms with Crippen molar-refractivity contribution in [1.82, 2.24) is 5.32 Å². The quantitative estimate of drug-likeness (QED) is 0.853. The fraction of sp³-hybridized carbons (Fsp3) is 0.600. The Morgan fingerprint density at radius 2 is 1.78 bits per heavy atom. The number of anilines is 1. The van der Waals surface area contributed by atoms with Gasteiger partial charge in [0, 0.05) is 35.3 Å². The summed E-state index contributed by atoms with van der Waals surface area (Å²) in [5.41, 5.74) is 1.76. The van der Waals surface area contributed by atoms with Gasteiger partial charge in [0.15, 0.2) is 0 Å². The molecular weight excluding hydrogens is 288 g/mol. The fourth-order valence-corrected chi connectivity index (χ4v) is 3.66. The minimum absolute atomic E-state index is 0.392. The summed E-state index contributed by atoms with van der Waals surface area (Å²) in [5, 5.41) is 3.79. The van der Waals surface area contributed by atoms with E-state index in [-0.39, 0.29) is 0 Å². The van der Waals surface area contributed by atoms with Gasteiger partial charge in [-0.25, -0.2) is 0 Å². The Morgan fingerprint density at radius 1 is 1.06 bits per heavy atom. The average molecular weight is 309 g/mol. The highest BCUT2D eigenvalue weighted by Crippen LogP contribution is 2.32. The molecule has 1 saturated carbocycles. The Labute approximate surface area is 118 Å². The van der Waals surface area contributed by atoms with E-state index in [0.717, 1.165) is 17.6 Å². The van der Waals surface area contributed by atoms with Gasteiger partial charge in [0.25, 0.3) is 0 Å². The zero-order valence-electron chi connectivity index (χ0n) is 10.8. The molecular formula is C15H21BrN2. The highest BCUT2D eigenvalue weighted by molar-refractivity contribution is 9.10. The first-order chi connectivity index (χ1) is 8.77. The Kier molecular flexibility index (Phi) is 3.62. The molecule has 1 N–H and O–H groups in total. The maximum atomic E-state index is 3.79. The van der Waals surface area contributed by atoms with Gasteiger partial charge >= 0.3 is 0 Å². The van der Waals surface area contributed by atoms with Gasteiger partial charge in [0.2, 0.25) is 0 Å². The van der Waals surface area contributed by atoms with Gasteiger partial charge in [-0.15, -0.1) is 0 Å². The van der Waals surface area contributed by atoms with E-state index < -0.39 is 0 Å². The number of halogens is 1. The Morgan fingerprint density at radius 3 is 2.50 bits per heavy atom. The number of nitrogens with one attached hydrogen (secondary N) is 1. The molecule has 1 saturated heterocycles. The van der Waals surface area contributed by atoms with Crippen molar-refractivity contribution in [1.29, 1.82) is 0 Å². The molecule has 18 heavy (non-hydrogen) atoms. The second kappa shape index (κ2) is 5.22. The van der Waals surface area contributed by atoms with Crippen LogP contribution < -0.4 is 10.2 Å². The lowest BCUT2D eigenvalue weighted by atomic mass is 9.80. The summed E-state index contributed by atoms with van der Waals surface area (Å²) in [6, 6.07) is 8.74. The summed E-state index contributed by atoms with van der Waals surface area (Å²) in [6.45, 7) is 3.42. The zero-order chi connectivity index (χ0) is 12.4. The third-order valence-corrected chi connectivity index (χ3v) is 4.91. The molecule has 1 heterocycles. The van der Waals surface area contributed by atoms with Gasteiger partial charge in [-0.1, -0.05) is 35.2 Å². The van der Waals surface area contributed by atoms with E-state index in [1.54, 1.807) is 0 Å². The predicted octanol–water partition coefficient (Wildman–Crippen LogP) is 3.56. The number of hydrogen-bond acceptors (Lipinski definition) is 2. The van der Waals surface area contributed by atoms with Crippen LogP contribution in [-0.4, -0.2) is 25.2 Å². The van der Waals surface area contributed by atoms with Crippen LogP contribution in [-0.2, 0) is 0 Å². The van der Waals surface area contributed by atoms with E-state index in [1.807, 2.05) is 0 Å². The summed E-state index contributed by atoms with van der Waals surface area (Å²) in [7, 11) is 0. The van der Waals surface area contributed by atoms with E-state index >= 15 is 0 Å². The van der Waals surface area contributed by atoms with Gasteiger partial charge in [-0.2, -0.15) is 0 Å². The van der Waals surface area contributed by atoms with Crippen molar-refractivity contribution in [3.8, 4) is 0 Å². The molecule has 1 aromatic carbocycles. The van der Waals surface area contributed by atoms with Crippen LogP contribution in [0.4, 0.5) is 5.69 Å². The molecule has 0 unspecified atom stereocenters. The molecule has 1 aliphatic carbocycles. The number of hydrogen-bond donors (Lipinski definition) is 1. The number of piperazine rings is 1. The second-order valence-electron chi connectivity index (χ2n) is 5.67. The van der Waals surface area contributed by atoms with Crippen LogP contribution >= 0.6 is 15.9 Å². The predicted molar refractivity (Wildman–Crippen MR) is 80.2 cm³/mol. The molecule has 0 radical (unpaired) electrons. The summed E-state index contributed by atoms with van der Waals surface area (Å²) < 4.78 is 1.16. The molecule has 2 nitrogen and oxygen atoms in total. The van der Waals surface area contributed by atoms with Crippen molar-refractivity contribution >= 4 is 21.6 Å². The zero-order valence-corrected chi connectivity index (χ0v) is 12.4. The molecule has 2 aliphatic rings. The molecule has 3 heteroatoms. The summed E-state index contributed by atoms with van der Waals surface area (Å²) >= 11 is 3.51. The lowest BCUT2D eigenvalue weighted by Crippen LogP contribution is -2.61. The van der Waals surface area contributed by atoms with Crippen molar-refractivity contribution in [2.45, 2.75) is 37.6 Å². The molecule has 98 valence electrons. The van der Waals surface area contributed by atoms with E-state index in [2.05, 4.69) is 50.4 Å².